The van der Waals surface area contributed by atoms with E-state index in [0.717, 1.165) is 0 Å². The van der Waals surface area contributed by atoms with E-state index in [1.165, 1.54) is 14.0 Å². The van der Waals surface area contributed by atoms with Gasteiger partial charge in [-0.15, -0.1) is 0 Å². The molecule has 2 rings (SSSR count). The SMILES string of the molecule is COC(=O)C1CCN(C(=O)c2cccc(OC(C)=O)c2)CC1. The van der Waals surface area contributed by atoms with E-state index >= 15 is 0 Å². The van der Waals surface area contributed by atoms with Crippen LogP contribution in [0.3, 0.4) is 0 Å². The highest BCUT2D eigenvalue weighted by Gasteiger charge is 2.28. The fourth-order valence-electron chi connectivity index (χ4n) is 2.53. The Bertz CT molecular complexity index is 576. The molecule has 22 heavy (non-hydrogen) atoms. The summed E-state index contributed by atoms with van der Waals surface area (Å²) in [6, 6.07) is 6.53. The molecule has 0 aliphatic carbocycles. The van der Waals surface area contributed by atoms with Crippen molar-refractivity contribution in [1.29, 1.82) is 0 Å². The molecule has 1 aliphatic heterocycles. The monoisotopic (exact) mass is 305 g/mol. The summed E-state index contributed by atoms with van der Waals surface area (Å²) < 4.78 is 9.72. The highest BCUT2D eigenvalue weighted by atomic mass is 16.5. The average Bonchev–Trinajstić information content (AvgIpc) is 2.53. The van der Waals surface area contributed by atoms with Crippen LogP contribution in [0.1, 0.15) is 30.1 Å². The van der Waals surface area contributed by atoms with Gasteiger partial charge in [0.1, 0.15) is 5.75 Å². The fraction of sp³-hybridized carbons (Fsp3) is 0.438. The molecule has 1 heterocycles. The molecule has 0 unspecified atom stereocenters. The van der Waals surface area contributed by atoms with Crippen molar-refractivity contribution in [2.24, 2.45) is 5.92 Å². The van der Waals surface area contributed by atoms with Crippen molar-refractivity contribution in [3.05, 3.63) is 29.8 Å². The van der Waals surface area contributed by atoms with E-state index in [-0.39, 0.29) is 17.8 Å². The Morgan fingerprint density at radius 3 is 2.45 bits per heavy atom. The number of amides is 1. The number of piperidine rings is 1. The summed E-state index contributed by atoms with van der Waals surface area (Å²) in [6.45, 7) is 2.33. The second kappa shape index (κ2) is 7.06. The van der Waals surface area contributed by atoms with Gasteiger partial charge in [0.15, 0.2) is 0 Å². The smallest absolute Gasteiger partial charge is 0.308 e. The number of nitrogens with zero attached hydrogens (tertiary/aromatic N) is 1. The number of carbonyl (C=O) groups excluding carboxylic acids is 3. The first-order valence-corrected chi connectivity index (χ1v) is 7.17. The lowest BCUT2D eigenvalue weighted by Gasteiger charge is -2.30. The molecule has 1 fully saturated rings. The van der Waals surface area contributed by atoms with Crippen molar-refractivity contribution in [3.63, 3.8) is 0 Å². The van der Waals surface area contributed by atoms with Crippen LogP contribution in [-0.2, 0) is 14.3 Å². The molecule has 1 aromatic carbocycles. The van der Waals surface area contributed by atoms with Gasteiger partial charge in [-0.25, -0.2) is 0 Å². The molecule has 1 amide bonds. The maximum atomic E-state index is 12.5. The van der Waals surface area contributed by atoms with Crippen LogP contribution in [0.15, 0.2) is 24.3 Å². The third kappa shape index (κ3) is 3.84. The summed E-state index contributed by atoms with van der Waals surface area (Å²) in [5, 5.41) is 0. The van der Waals surface area contributed by atoms with E-state index in [2.05, 4.69) is 0 Å². The number of benzene rings is 1. The highest BCUT2D eigenvalue weighted by Crippen LogP contribution is 2.21. The molecular formula is C16H19NO5. The Kier molecular flexibility index (Phi) is 5.14. The van der Waals surface area contributed by atoms with Gasteiger partial charge in [-0.05, 0) is 31.0 Å². The van der Waals surface area contributed by atoms with Crippen LogP contribution in [0.5, 0.6) is 5.75 Å². The van der Waals surface area contributed by atoms with Gasteiger partial charge in [-0.3, -0.25) is 14.4 Å². The summed E-state index contributed by atoms with van der Waals surface area (Å²) in [5.41, 5.74) is 0.468. The first-order valence-electron chi connectivity index (χ1n) is 7.17. The normalized spacial score (nSPS) is 15.3. The molecule has 0 radical (unpaired) electrons. The molecule has 0 saturated carbocycles. The Morgan fingerprint density at radius 2 is 1.86 bits per heavy atom. The van der Waals surface area contributed by atoms with Crippen molar-refractivity contribution in [1.82, 2.24) is 4.90 Å². The number of hydrogen-bond donors (Lipinski definition) is 0. The van der Waals surface area contributed by atoms with Crippen molar-refractivity contribution in [2.75, 3.05) is 20.2 Å². The van der Waals surface area contributed by atoms with E-state index in [1.807, 2.05) is 0 Å². The molecular weight excluding hydrogens is 286 g/mol. The topological polar surface area (TPSA) is 72.9 Å². The summed E-state index contributed by atoms with van der Waals surface area (Å²) >= 11 is 0. The molecule has 6 nitrogen and oxygen atoms in total. The number of esters is 2. The predicted molar refractivity (Wildman–Crippen MR) is 78.4 cm³/mol. The molecule has 0 spiro atoms. The van der Waals surface area contributed by atoms with Gasteiger partial charge in [0.05, 0.1) is 13.0 Å². The third-order valence-corrected chi connectivity index (χ3v) is 3.66. The van der Waals surface area contributed by atoms with Crippen LogP contribution in [0.4, 0.5) is 0 Å². The van der Waals surface area contributed by atoms with E-state index in [4.69, 9.17) is 9.47 Å². The van der Waals surface area contributed by atoms with Crippen LogP contribution >= 0.6 is 0 Å². The summed E-state index contributed by atoms with van der Waals surface area (Å²) in [4.78, 5) is 36.6. The zero-order valence-corrected chi connectivity index (χ0v) is 12.7. The lowest BCUT2D eigenvalue weighted by molar-refractivity contribution is -0.146. The van der Waals surface area contributed by atoms with E-state index in [1.54, 1.807) is 29.2 Å². The second-order valence-corrected chi connectivity index (χ2v) is 5.21. The van der Waals surface area contributed by atoms with Crippen molar-refractivity contribution < 1.29 is 23.9 Å². The third-order valence-electron chi connectivity index (χ3n) is 3.66. The summed E-state index contributed by atoms with van der Waals surface area (Å²) in [5.74, 6) is -0.561. The number of hydrogen-bond acceptors (Lipinski definition) is 5. The lowest BCUT2D eigenvalue weighted by atomic mass is 9.96. The van der Waals surface area contributed by atoms with Gasteiger partial charge in [0.25, 0.3) is 5.91 Å². The first kappa shape index (κ1) is 16.0. The Morgan fingerprint density at radius 1 is 1.18 bits per heavy atom. The summed E-state index contributed by atoms with van der Waals surface area (Å²) in [6.07, 6.45) is 1.20. The van der Waals surface area contributed by atoms with E-state index < -0.39 is 5.97 Å². The van der Waals surface area contributed by atoms with Crippen LogP contribution < -0.4 is 4.74 Å². The zero-order valence-electron chi connectivity index (χ0n) is 12.7. The number of likely N-dealkylation sites (tertiary alicyclic amines) is 1. The van der Waals surface area contributed by atoms with Gasteiger partial charge in [-0.2, -0.15) is 0 Å². The number of ether oxygens (including phenoxy) is 2. The minimum absolute atomic E-state index is 0.127. The van der Waals surface area contributed by atoms with Crippen molar-refractivity contribution in [3.8, 4) is 5.75 Å². The Labute approximate surface area is 129 Å². The van der Waals surface area contributed by atoms with E-state index in [0.29, 0.717) is 37.2 Å². The Balaban J connectivity index is 2.01. The van der Waals surface area contributed by atoms with Crippen molar-refractivity contribution in [2.45, 2.75) is 19.8 Å². The highest BCUT2D eigenvalue weighted by molar-refractivity contribution is 5.95. The van der Waals surface area contributed by atoms with Crippen LogP contribution in [0, 0.1) is 5.92 Å². The van der Waals surface area contributed by atoms with Crippen LogP contribution in [0.2, 0.25) is 0 Å². The number of carbonyl (C=O) groups is 3. The number of methoxy groups -OCH3 is 1. The number of rotatable bonds is 3. The molecule has 6 heteroatoms. The Hall–Kier alpha value is -2.37. The quantitative estimate of drug-likeness (QED) is 0.627. The maximum absolute atomic E-state index is 12.5. The minimum atomic E-state index is -0.427. The van der Waals surface area contributed by atoms with E-state index in [9.17, 15) is 14.4 Å². The summed E-state index contributed by atoms with van der Waals surface area (Å²) in [7, 11) is 1.38. The molecule has 0 N–H and O–H groups in total. The van der Waals surface area contributed by atoms with Crippen LogP contribution in [-0.4, -0.2) is 42.9 Å². The van der Waals surface area contributed by atoms with Crippen molar-refractivity contribution >= 4 is 17.8 Å². The van der Waals surface area contributed by atoms with Gasteiger partial charge in [-0.1, -0.05) is 6.07 Å². The lowest BCUT2D eigenvalue weighted by Crippen LogP contribution is -2.40. The van der Waals surface area contributed by atoms with Gasteiger partial charge >= 0.3 is 11.9 Å². The van der Waals surface area contributed by atoms with Gasteiger partial charge in [0, 0.05) is 25.6 Å². The molecule has 1 aromatic rings. The van der Waals surface area contributed by atoms with Crippen LogP contribution in [0.25, 0.3) is 0 Å². The molecule has 0 atom stereocenters. The molecule has 1 saturated heterocycles. The molecule has 0 bridgehead atoms. The largest absolute Gasteiger partial charge is 0.469 e. The van der Waals surface area contributed by atoms with Gasteiger partial charge < -0.3 is 14.4 Å². The molecule has 1 aliphatic rings. The first-order chi connectivity index (χ1) is 10.5. The fourth-order valence-corrected chi connectivity index (χ4v) is 2.53. The maximum Gasteiger partial charge on any atom is 0.308 e. The standard InChI is InChI=1S/C16H19NO5/c1-11(18)22-14-5-3-4-13(10-14)15(19)17-8-6-12(7-9-17)16(20)21-2/h3-5,10,12H,6-9H2,1-2H3. The second-order valence-electron chi connectivity index (χ2n) is 5.21. The average molecular weight is 305 g/mol. The molecule has 118 valence electrons. The predicted octanol–water partition coefficient (Wildman–Crippen LogP) is 1.64. The minimum Gasteiger partial charge on any atom is -0.469 e. The zero-order chi connectivity index (χ0) is 16.1. The van der Waals surface area contributed by atoms with Gasteiger partial charge in [0.2, 0.25) is 0 Å². The molecule has 0 aromatic heterocycles.